The van der Waals surface area contributed by atoms with Gasteiger partial charge in [0.05, 0.1) is 13.7 Å². The molecule has 20 heavy (non-hydrogen) atoms. The van der Waals surface area contributed by atoms with Crippen LogP contribution >= 0.6 is 0 Å². The molecule has 0 spiro atoms. The number of likely N-dealkylation sites (tertiary alicyclic amines) is 1. The summed E-state index contributed by atoms with van der Waals surface area (Å²) in [5.41, 5.74) is 0.785. The van der Waals surface area contributed by atoms with E-state index in [-0.39, 0.29) is 5.91 Å². The lowest BCUT2D eigenvalue weighted by molar-refractivity contribution is -0.117. The molecule has 2 rings (SSSR count). The highest BCUT2D eigenvalue weighted by atomic mass is 16.5. The maximum absolute atomic E-state index is 12.1. The van der Waals surface area contributed by atoms with Crippen molar-refractivity contribution in [2.24, 2.45) is 11.8 Å². The minimum atomic E-state index is 0.0413. The van der Waals surface area contributed by atoms with Crippen LogP contribution in [0.1, 0.15) is 20.3 Å². The van der Waals surface area contributed by atoms with Gasteiger partial charge in [-0.15, -0.1) is 0 Å². The lowest BCUT2D eigenvalue weighted by Crippen LogP contribution is -2.42. The van der Waals surface area contributed by atoms with Crippen molar-refractivity contribution < 1.29 is 9.53 Å². The number of rotatable bonds is 4. The number of anilines is 1. The van der Waals surface area contributed by atoms with Crippen LogP contribution in [0.15, 0.2) is 24.3 Å². The van der Waals surface area contributed by atoms with Gasteiger partial charge in [-0.2, -0.15) is 0 Å². The summed E-state index contributed by atoms with van der Waals surface area (Å²) in [6.07, 6.45) is 1.26. The standard InChI is InChI=1S/C16H24N2O2/c1-12-7-13(2)10-18(9-12)11-16(19)17-14-5-4-6-15(8-14)20-3/h4-6,8,12-13H,7,9-11H2,1-3H3,(H,17,19). The largest absolute Gasteiger partial charge is 0.497 e. The van der Waals surface area contributed by atoms with Gasteiger partial charge in [0.1, 0.15) is 5.75 Å². The zero-order valence-electron chi connectivity index (χ0n) is 12.6. The van der Waals surface area contributed by atoms with Crippen molar-refractivity contribution in [1.29, 1.82) is 0 Å². The molecule has 0 aliphatic carbocycles. The first-order chi connectivity index (χ1) is 9.56. The second-order valence-electron chi connectivity index (χ2n) is 5.92. The highest BCUT2D eigenvalue weighted by Gasteiger charge is 2.23. The fourth-order valence-electron chi connectivity index (χ4n) is 3.03. The number of nitrogens with zero attached hydrogens (tertiary/aromatic N) is 1. The number of benzene rings is 1. The predicted octanol–water partition coefficient (Wildman–Crippen LogP) is 2.61. The SMILES string of the molecule is COc1cccc(NC(=O)CN2CC(C)CC(C)C2)c1. The quantitative estimate of drug-likeness (QED) is 0.919. The summed E-state index contributed by atoms with van der Waals surface area (Å²) in [5, 5.41) is 2.93. The van der Waals surface area contributed by atoms with Crippen molar-refractivity contribution in [3.05, 3.63) is 24.3 Å². The van der Waals surface area contributed by atoms with Crippen molar-refractivity contribution in [3.8, 4) is 5.75 Å². The highest BCUT2D eigenvalue weighted by molar-refractivity contribution is 5.92. The van der Waals surface area contributed by atoms with Crippen LogP contribution in [0.5, 0.6) is 5.75 Å². The van der Waals surface area contributed by atoms with E-state index in [0.29, 0.717) is 18.4 Å². The Kier molecular flexibility index (Phi) is 5.01. The van der Waals surface area contributed by atoms with E-state index < -0.39 is 0 Å². The van der Waals surface area contributed by atoms with E-state index in [0.717, 1.165) is 24.5 Å². The van der Waals surface area contributed by atoms with Crippen LogP contribution < -0.4 is 10.1 Å². The Morgan fingerprint density at radius 1 is 1.35 bits per heavy atom. The van der Waals surface area contributed by atoms with E-state index in [2.05, 4.69) is 24.1 Å². The Hall–Kier alpha value is -1.55. The van der Waals surface area contributed by atoms with Gasteiger partial charge < -0.3 is 10.1 Å². The summed E-state index contributed by atoms with van der Waals surface area (Å²) in [6, 6.07) is 7.45. The summed E-state index contributed by atoms with van der Waals surface area (Å²) >= 11 is 0. The van der Waals surface area contributed by atoms with Crippen molar-refractivity contribution in [1.82, 2.24) is 4.90 Å². The van der Waals surface area contributed by atoms with Crippen LogP contribution in [-0.4, -0.2) is 37.6 Å². The number of ether oxygens (including phenoxy) is 1. The minimum Gasteiger partial charge on any atom is -0.497 e. The summed E-state index contributed by atoms with van der Waals surface area (Å²) in [7, 11) is 1.62. The molecule has 0 bridgehead atoms. The summed E-state index contributed by atoms with van der Waals surface area (Å²) in [6.45, 7) is 6.99. The summed E-state index contributed by atoms with van der Waals surface area (Å²) in [5.74, 6) is 2.13. The van der Waals surface area contributed by atoms with Crippen LogP contribution in [0.2, 0.25) is 0 Å². The van der Waals surface area contributed by atoms with Gasteiger partial charge in [0.2, 0.25) is 5.91 Å². The molecule has 1 aromatic rings. The number of amides is 1. The van der Waals surface area contributed by atoms with Crippen LogP contribution in [0.4, 0.5) is 5.69 Å². The Balaban J connectivity index is 1.88. The number of piperidine rings is 1. The molecule has 1 fully saturated rings. The zero-order valence-corrected chi connectivity index (χ0v) is 12.6. The molecule has 0 aromatic heterocycles. The fourth-order valence-corrected chi connectivity index (χ4v) is 3.03. The Labute approximate surface area is 121 Å². The third kappa shape index (κ3) is 4.23. The number of hydrogen-bond acceptors (Lipinski definition) is 3. The Morgan fingerprint density at radius 2 is 2.05 bits per heavy atom. The van der Waals surface area contributed by atoms with E-state index in [1.165, 1.54) is 6.42 Å². The molecule has 110 valence electrons. The van der Waals surface area contributed by atoms with Crippen molar-refractivity contribution in [2.45, 2.75) is 20.3 Å². The molecule has 2 unspecified atom stereocenters. The van der Waals surface area contributed by atoms with Gasteiger partial charge in [-0.25, -0.2) is 0 Å². The molecule has 1 amide bonds. The number of nitrogens with one attached hydrogen (secondary N) is 1. The summed E-state index contributed by atoms with van der Waals surface area (Å²) < 4.78 is 5.15. The molecule has 4 nitrogen and oxygen atoms in total. The monoisotopic (exact) mass is 276 g/mol. The van der Waals surface area contributed by atoms with Gasteiger partial charge in [0.25, 0.3) is 0 Å². The fraction of sp³-hybridized carbons (Fsp3) is 0.562. The van der Waals surface area contributed by atoms with Gasteiger partial charge in [-0.3, -0.25) is 9.69 Å². The molecule has 1 saturated heterocycles. The van der Waals surface area contributed by atoms with E-state index in [1.807, 2.05) is 24.3 Å². The second-order valence-corrected chi connectivity index (χ2v) is 5.92. The van der Waals surface area contributed by atoms with Crippen LogP contribution in [0.25, 0.3) is 0 Å². The molecular formula is C16H24N2O2. The first-order valence-corrected chi connectivity index (χ1v) is 7.23. The first kappa shape index (κ1) is 14.9. The zero-order chi connectivity index (χ0) is 14.5. The van der Waals surface area contributed by atoms with Crippen LogP contribution in [0, 0.1) is 11.8 Å². The Morgan fingerprint density at radius 3 is 2.70 bits per heavy atom. The molecule has 0 saturated carbocycles. The molecule has 4 heteroatoms. The average molecular weight is 276 g/mol. The molecule has 0 radical (unpaired) electrons. The lowest BCUT2D eigenvalue weighted by atomic mass is 9.92. The molecule has 2 atom stereocenters. The van der Waals surface area contributed by atoms with Gasteiger partial charge in [-0.1, -0.05) is 19.9 Å². The molecular weight excluding hydrogens is 252 g/mol. The van der Waals surface area contributed by atoms with Crippen molar-refractivity contribution in [2.75, 3.05) is 32.1 Å². The smallest absolute Gasteiger partial charge is 0.238 e. The number of hydrogen-bond donors (Lipinski definition) is 1. The third-order valence-electron chi connectivity index (χ3n) is 3.67. The topological polar surface area (TPSA) is 41.6 Å². The Bertz CT molecular complexity index is 452. The average Bonchev–Trinajstić information content (AvgIpc) is 2.37. The van der Waals surface area contributed by atoms with Gasteiger partial charge in [0.15, 0.2) is 0 Å². The molecule has 1 heterocycles. The van der Waals surface area contributed by atoms with E-state index in [9.17, 15) is 4.79 Å². The van der Waals surface area contributed by atoms with E-state index in [1.54, 1.807) is 7.11 Å². The maximum atomic E-state index is 12.1. The number of carbonyl (C=O) groups excluding carboxylic acids is 1. The lowest BCUT2D eigenvalue weighted by Gasteiger charge is -2.34. The minimum absolute atomic E-state index is 0.0413. The third-order valence-corrected chi connectivity index (χ3v) is 3.67. The first-order valence-electron chi connectivity index (χ1n) is 7.23. The highest BCUT2D eigenvalue weighted by Crippen LogP contribution is 2.21. The molecule has 1 aliphatic heterocycles. The molecule has 1 N–H and O–H groups in total. The van der Waals surface area contributed by atoms with Crippen molar-refractivity contribution >= 4 is 11.6 Å². The number of carbonyl (C=O) groups is 1. The second kappa shape index (κ2) is 6.75. The van der Waals surface area contributed by atoms with E-state index >= 15 is 0 Å². The maximum Gasteiger partial charge on any atom is 0.238 e. The predicted molar refractivity (Wildman–Crippen MR) is 81.0 cm³/mol. The van der Waals surface area contributed by atoms with Gasteiger partial charge in [0, 0.05) is 24.8 Å². The van der Waals surface area contributed by atoms with Crippen molar-refractivity contribution in [3.63, 3.8) is 0 Å². The number of methoxy groups -OCH3 is 1. The van der Waals surface area contributed by atoms with Crippen LogP contribution in [0.3, 0.4) is 0 Å². The summed E-state index contributed by atoms with van der Waals surface area (Å²) in [4.78, 5) is 14.3. The normalized spacial score (nSPS) is 23.4. The van der Waals surface area contributed by atoms with Gasteiger partial charge in [-0.05, 0) is 30.4 Å². The van der Waals surface area contributed by atoms with Gasteiger partial charge >= 0.3 is 0 Å². The van der Waals surface area contributed by atoms with E-state index in [4.69, 9.17) is 4.74 Å². The molecule has 1 aromatic carbocycles. The molecule has 1 aliphatic rings. The van der Waals surface area contributed by atoms with Crippen LogP contribution in [-0.2, 0) is 4.79 Å².